The number of hydrogen-bond acceptors (Lipinski definition) is 4. The maximum absolute atomic E-state index is 12.1. The standard InChI is InChI=1S/C12H19N3O2/c1-14-6-7-15(2)12(16)10-5-4-9(13)8-11(10)17-3/h4-5,8,14H,6-7,13H2,1-3H3. The largest absolute Gasteiger partial charge is 0.496 e. The monoisotopic (exact) mass is 237 g/mol. The lowest BCUT2D eigenvalue weighted by molar-refractivity contribution is 0.0793. The summed E-state index contributed by atoms with van der Waals surface area (Å²) < 4.78 is 5.16. The predicted octanol–water partition coefficient (Wildman–Crippen LogP) is 0.569. The Kier molecular flexibility index (Phi) is 4.78. The predicted molar refractivity (Wildman–Crippen MR) is 68.3 cm³/mol. The highest BCUT2D eigenvalue weighted by Crippen LogP contribution is 2.22. The van der Waals surface area contributed by atoms with Crippen molar-refractivity contribution in [2.75, 3.05) is 40.0 Å². The molecule has 0 unspecified atom stereocenters. The molecule has 0 atom stereocenters. The molecule has 0 fully saturated rings. The summed E-state index contributed by atoms with van der Waals surface area (Å²) in [5, 5.41) is 3.00. The van der Waals surface area contributed by atoms with E-state index in [2.05, 4.69) is 5.32 Å². The van der Waals surface area contributed by atoms with E-state index in [1.807, 2.05) is 7.05 Å². The summed E-state index contributed by atoms with van der Waals surface area (Å²) in [6.07, 6.45) is 0. The van der Waals surface area contributed by atoms with Crippen LogP contribution in [0.1, 0.15) is 10.4 Å². The van der Waals surface area contributed by atoms with Crippen molar-refractivity contribution in [1.29, 1.82) is 0 Å². The van der Waals surface area contributed by atoms with Gasteiger partial charge in [-0.05, 0) is 19.2 Å². The van der Waals surface area contributed by atoms with Crippen molar-refractivity contribution >= 4 is 11.6 Å². The minimum Gasteiger partial charge on any atom is -0.496 e. The Morgan fingerprint density at radius 3 is 2.82 bits per heavy atom. The zero-order valence-corrected chi connectivity index (χ0v) is 10.5. The van der Waals surface area contributed by atoms with Crippen molar-refractivity contribution in [3.8, 4) is 5.75 Å². The number of nitrogens with one attached hydrogen (secondary N) is 1. The van der Waals surface area contributed by atoms with Gasteiger partial charge in [0.1, 0.15) is 5.75 Å². The molecule has 3 N–H and O–H groups in total. The number of methoxy groups -OCH3 is 1. The maximum atomic E-state index is 12.1. The molecule has 0 spiro atoms. The van der Waals surface area contributed by atoms with Crippen LogP contribution in [0.3, 0.4) is 0 Å². The average molecular weight is 237 g/mol. The summed E-state index contributed by atoms with van der Waals surface area (Å²) in [6.45, 7) is 1.39. The Hall–Kier alpha value is -1.75. The van der Waals surface area contributed by atoms with Crippen molar-refractivity contribution in [2.24, 2.45) is 0 Å². The molecule has 0 aliphatic rings. The molecule has 0 saturated carbocycles. The smallest absolute Gasteiger partial charge is 0.257 e. The van der Waals surface area contributed by atoms with Gasteiger partial charge in [-0.1, -0.05) is 0 Å². The fraction of sp³-hybridized carbons (Fsp3) is 0.417. The van der Waals surface area contributed by atoms with E-state index in [-0.39, 0.29) is 5.91 Å². The number of rotatable bonds is 5. The van der Waals surface area contributed by atoms with Crippen molar-refractivity contribution in [3.05, 3.63) is 23.8 Å². The molecule has 0 aromatic heterocycles. The first-order valence-electron chi connectivity index (χ1n) is 5.43. The molecule has 5 nitrogen and oxygen atoms in total. The van der Waals surface area contributed by atoms with E-state index in [1.165, 1.54) is 7.11 Å². The van der Waals surface area contributed by atoms with Crippen LogP contribution in [0.2, 0.25) is 0 Å². The molecule has 1 amide bonds. The van der Waals surface area contributed by atoms with Crippen LogP contribution in [0.25, 0.3) is 0 Å². The van der Waals surface area contributed by atoms with Crippen molar-refractivity contribution in [2.45, 2.75) is 0 Å². The molecular weight excluding hydrogens is 218 g/mol. The van der Waals surface area contributed by atoms with Crippen LogP contribution in [0.15, 0.2) is 18.2 Å². The van der Waals surface area contributed by atoms with E-state index in [9.17, 15) is 4.79 Å². The third-order valence-electron chi connectivity index (χ3n) is 2.50. The highest BCUT2D eigenvalue weighted by molar-refractivity contribution is 5.97. The van der Waals surface area contributed by atoms with Gasteiger partial charge in [0.05, 0.1) is 12.7 Å². The molecule has 17 heavy (non-hydrogen) atoms. The summed E-state index contributed by atoms with van der Waals surface area (Å²) in [7, 11) is 5.14. The molecule has 5 heteroatoms. The van der Waals surface area contributed by atoms with Crippen LogP contribution in [0.5, 0.6) is 5.75 Å². The number of hydrogen-bond donors (Lipinski definition) is 2. The van der Waals surface area contributed by atoms with Gasteiger partial charge < -0.3 is 20.7 Å². The SMILES string of the molecule is CNCCN(C)C(=O)c1ccc(N)cc1OC. The second-order valence-electron chi connectivity index (χ2n) is 3.79. The van der Waals surface area contributed by atoms with E-state index >= 15 is 0 Å². The second-order valence-corrected chi connectivity index (χ2v) is 3.79. The fourth-order valence-corrected chi connectivity index (χ4v) is 1.47. The number of benzene rings is 1. The van der Waals surface area contributed by atoms with Crippen LogP contribution < -0.4 is 15.8 Å². The molecule has 0 bridgehead atoms. The Bertz CT molecular complexity index is 393. The Balaban J connectivity index is 2.87. The summed E-state index contributed by atoms with van der Waals surface area (Å²) in [6, 6.07) is 5.03. The molecule has 1 aromatic carbocycles. The van der Waals surface area contributed by atoms with Crippen molar-refractivity contribution < 1.29 is 9.53 Å². The van der Waals surface area contributed by atoms with Gasteiger partial charge in [0.15, 0.2) is 0 Å². The Morgan fingerprint density at radius 2 is 2.24 bits per heavy atom. The van der Waals surface area contributed by atoms with Gasteiger partial charge in [-0.3, -0.25) is 4.79 Å². The van der Waals surface area contributed by atoms with Gasteiger partial charge in [-0.2, -0.15) is 0 Å². The molecule has 0 aliphatic heterocycles. The van der Waals surface area contributed by atoms with Gasteiger partial charge in [0.25, 0.3) is 5.91 Å². The van der Waals surface area contributed by atoms with Crippen LogP contribution >= 0.6 is 0 Å². The van der Waals surface area contributed by atoms with E-state index in [1.54, 1.807) is 30.1 Å². The average Bonchev–Trinajstić information content (AvgIpc) is 2.34. The lowest BCUT2D eigenvalue weighted by Gasteiger charge is -2.18. The zero-order chi connectivity index (χ0) is 12.8. The summed E-state index contributed by atoms with van der Waals surface area (Å²) in [5.41, 5.74) is 6.75. The number of carbonyl (C=O) groups is 1. The van der Waals surface area contributed by atoms with Gasteiger partial charge in [0, 0.05) is 31.9 Å². The highest BCUT2D eigenvalue weighted by atomic mass is 16.5. The normalized spacial score (nSPS) is 10.1. The molecule has 0 aliphatic carbocycles. The van der Waals surface area contributed by atoms with Crippen LogP contribution in [0.4, 0.5) is 5.69 Å². The lowest BCUT2D eigenvalue weighted by atomic mass is 10.1. The molecule has 0 radical (unpaired) electrons. The lowest BCUT2D eigenvalue weighted by Crippen LogP contribution is -2.33. The number of carbonyl (C=O) groups excluding carboxylic acids is 1. The van der Waals surface area contributed by atoms with Gasteiger partial charge >= 0.3 is 0 Å². The molecule has 0 saturated heterocycles. The molecule has 94 valence electrons. The van der Waals surface area contributed by atoms with E-state index in [0.29, 0.717) is 23.5 Å². The quantitative estimate of drug-likeness (QED) is 0.735. The summed E-state index contributed by atoms with van der Waals surface area (Å²) in [5.74, 6) is 0.434. The molecule has 1 rings (SSSR count). The first kappa shape index (κ1) is 13.3. The Morgan fingerprint density at radius 1 is 1.53 bits per heavy atom. The third-order valence-corrected chi connectivity index (χ3v) is 2.50. The second kappa shape index (κ2) is 6.10. The van der Waals surface area contributed by atoms with Gasteiger partial charge in [-0.15, -0.1) is 0 Å². The van der Waals surface area contributed by atoms with Crippen molar-refractivity contribution in [3.63, 3.8) is 0 Å². The van der Waals surface area contributed by atoms with Gasteiger partial charge in [0.2, 0.25) is 0 Å². The van der Waals surface area contributed by atoms with E-state index in [4.69, 9.17) is 10.5 Å². The van der Waals surface area contributed by atoms with E-state index in [0.717, 1.165) is 6.54 Å². The number of nitrogen functional groups attached to an aromatic ring is 1. The number of likely N-dealkylation sites (N-methyl/N-ethyl adjacent to an activating group) is 2. The van der Waals surface area contributed by atoms with Crippen LogP contribution in [-0.2, 0) is 0 Å². The number of ether oxygens (including phenoxy) is 1. The maximum Gasteiger partial charge on any atom is 0.257 e. The summed E-state index contributed by atoms with van der Waals surface area (Å²) >= 11 is 0. The number of nitrogens with two attached hydrogens (primary N) is 1. The highest BCUT2D eigenvalue weighted by Gasteiger charge is 2.16. The van der Waals surface area contributed by atoms with Crippen molar-refractivity contribution in [1.82, 2.24) is 10.2 Å². The number of nitrogens with zero attached hydrogens (tertiary/aromatic N) is 1. The fourth-order valence-electron chi connectivity index (χ4n) is 1.47. The molecular formula is C12H19N3O2. The topological polar surface area (TPSA) is 67.6 Å². The van der Waals surface area contributed by atoms with Crippen LogP contribution in [-0.4, -0.2) is 45.1 Å². The van der Waals surface area contributed by atoms with Crippen LogP contribution in [0, 0.1) is 0 Å². The molecule has 1 aromatic rings. The number of anilines is 1. The Labute approximate surface area is 102 Å². The van der Waals surface area contributed by atoms with E-state index < -0.39 is 0 Å². The first-order chi connectivity index (χ1) is 8.10. The first-order valence-corrected chi connectivity index (χ1v) is 5.43. The van der Waals surface area contributed by atoms with Gasteiger partial charge in [-0.25, -0.2) is 0 Å². The summed E-state index contributed by atoms with van der Waals surface area (Å²) in [4.78, 5) is 13.8. The number of amides is 1. The third kappa shape index (κ3) is 3.35. The molecule has 0 heterocycles. The zero-order valence-electron chi connectivity index (χ0n) is 10.5. The minimum absolute atomic E-state index is 0.0721. The minimum atomic E-state index is -0.0721.